The monoisotopic (exact) mass is 363 g/mol. The van der Waals surface area contributed by atoms with Crippen molar-refractivity contribution in [3.05, 3.63) is 66.6 Å². The molecule has 3 aromatic rings. The number of carbonyl (C=O) groups excluding carboxylic acids is 1. The van der Waals surface area contributed by atoms with Gasteiger partial charge in [-0.15, -0.1) is 0 Å². The first-order chi connectivity index (χ1) is 13.3. The molecule has 1 atom stereocenters. The van der Waals surface area contributed by atoms with Crippen LogP contribution in [0, 0.1) is 0 Å². The maximum absolute atomic E-state index is 12.5. The van der Waals surface area contributed by atoms with Crippen molar-refractivity contribution >= 4 is 5.91 Å². The lowest BCUT2D eigenvalue weighted by Crippen LogP contribution is -2.36. The molecule has 1 N–H and O–H groups in total. The third-order valence-electron chi connectivity index (χ3n) is 4.76. The van der Waals surface area contributed by atoms with Gasteiger partial charge in [0.2, 0.25) is 0 Å². The van der Waals surface area contributed by atoms with Gasteiger partial charge in [-0.05, 0) is 50.2 Å². The molecule has 1 amide bonds. The van der Waals surface area contributed by atoms with E-state index in [0.717, 1.165) is 24.4 Å². The SMILES string of the molecule is O=C(NC[C@H](c1ccco1)N1CCCC1)c1cnc(-c2ccncc2)nc1. The van der Waals surface area contributed by atoms with Crippen LogP contribution in [-0.4, -0.2) is 45.4 Å². The van der Waals surface area contributed by atoms with Gasteiger partial charge in [0.15, 0.2) is 5.82 Å². The number of furan rings is 1. The number of pyridine rings is 1. The normalized spacial score (nSPS) is 15.6. The van der Waals surface area contributed by atoms with E-state index in [4.69, 9.17) is 4.42 Å². The van der Waals surface area contributed by atoms with Crippen LogP contribution in [0.3, 0.4) is 0 Å². The van der Waals surface area contributed by atoms with Gasteiger partial charge in [0.1, 0.15) is 5.76 Å². The van der Waals surface area contributed by atoms with Crippen molar-refractivity contribution in [1.29, 1.82) is 0 Å². The van der Waals surface area contributed by atoms with Crippen molar-refractivity contribution in [1.82, 2.24) is 25.2 Å². The Bertz CT molecular complexity index is 859. The minimum atomic E-state index is -0.188. The van der Waals surface area contributed by atoms with Crippen LogP contribution in [0.1, 0.15) is 35.0 Å². The third-order valence-corrected chi connectivity index (χ3v) is 4.76. The maximum Gasteiger partial charge on any atom is 0.254 e. The van der Waals surface area contributed by atoms with E-state index >= 15 is 0 Å². The first-order valence-electron chi connectivity index (χ1n) is 9.09. The van der Waals surface area contributed by atoms with Crippen molar-refractivity contribution in [3.8, 4) is 11.4 Å². The molecular formula is C20H21N5O2. The zero-order valence-corrected chi connectivity index (χ0v) is 14.9. The summed E-state index contributed by atoms with van der Waals surface area (Å²) in [5, 5.41) is 2.99. The fourth-order valence-corrected chi connectivity index (χ4v) is 3.33. The Morgan fingerprint density at radius 1 is 1.15 bits per heavy atom. The molecule has 0 bridgehead atoms. The number of carbonyl (C=O) groups is 1. The molecule has 0 radical (unpaired) electrons. The van der Waals surface area contributed by atoms with Crippen molar-refractivity contribution in [2.45, 2.75) is 18.9 Å². The Kier molecular flexibility index (Phi) is 5.20. The lowest BCUT2D eigenvalue weighted by atomic mass is 10.2. The molecule has 1 aliphatic rings. The molecule has 0 saturated carbocycles. The Hall–Kier alpha value is -3.06. The lowest BCUT2D eigenvalue weighted by molar-refractivity contribution is 0.0933. The molecule has 27 heavy (non-hydrogen) atoms. The Morgan fingerprint density at radius 3 is 2.56 bits per heavy atom. The van der Waals surface area contributed by atoms with Crippen molar-refractivity contribution in [2.75, 3.05) is 19.6 Å². The summed E-state index contributed by atoms with van der Waals surface area (Å²) in [6.07, 6.45) is 10.5. The molecule has 1 fully saturated rings. The molecular weight excluding hydrogens is 342 g/mol. The second-order valence-electron chi connectivity index (χ2n) is 6.52. The fraction of sp³-hybridized carbons (Fsp3) is 0.300. The number of nitrogens with one attached hydrogen (secondary N) is 1. The average molecular weight is 363 g/mol. The van der Waals surface area contributed by atoms with Crippen molar-refractivity contribution < 1.29 is 9.21 Å². The molecule has 3 aromatic heterocycles. The van der Waals surface area contributed by atoms with Gasteiger partial charge < -0.3 is 9.73 Å². The first-order valence-corrected chi connectivity index (χ1v) is 9.09. The van der Waals surface area contributed by atoms with E-state index < -0.39 is 0 Å². The number of hydrogen-bond donors (Lipinski definition) is 1. The molecule has 138 valence electrons. The predicted molar refractivity (Wildman–Crippen MR) is 99.9 cm³/mol. The molecule has 4 rings (SSSR count). The number of amides is 1. The van der Waals surface area contributed by atoms with Gasteiger partial charge in [-0.2, -0.15) is 0 Å². The van der Waals surface area contributed by atoms with Crippen LogP contribution in [0.15, 0.2) is 59.7 Å². The second-order valence-corrected chi connectivity index (χ2v) is 6.52. The minimum Gasteiger partial charge on any atom is -0.468 e. The smallest absolute Gasteiger partial charge is 0.254 e. The molecule has 0 spiro atoms. The summed E-state index contributed by atoms with van der Waals surface area (Å²) in [5.41, 5.74) is 1.30. The van der Waals surface area contributed by atoms with Gasteiger partial charge in [-0.1, -0.05) is 0 Å². The van der Waals surface area contributed by atoms with Crippen LogP contribution >= 0.6 is 0 Å². The molecule has 7 heteroatoms. The lowest BCUT2D eigenvalue weighted by Gasteiger charge is -2.25. The van der Waals surface area contributed by atoms with Crippen LogP contribution < -0.4 is 5.32 Å². The van der Waals surface area contributed by atoms with Crippen LogP contribution in [0.4, 0.5) is 0 Å². The van der Waals surface area contributed by atoms with E-state index in [0.29, 0.717) is 17.9 Å². The summed E-state index contributed by atoms with van der Waals surface area (Å²) in [6, 6.07) is 7.55. The number of likely N-dealkylation sites (tertiary alicyclic amines) is 1. The number of nitrogens with zero attached hydrogens (tertiary/aromatic N) is 4. The number of aromatic nitrogens is 3. The molecule has 7 nitrogen and oxygen atoms in total. The topological polar surface area (TPSA) is 84.2 Å². The number of hydrogen-bond acceptors (Lipinski definition) is 6. The van der Waals surface area contributed by atoms with Gasteiger partial charge in [0, 0.05) is 36.9 Å². The predicted octanol–water partition coefficient (Wildman–Crippen LogP) is 2.70. The molecule has 1 aliphatic heterocycles. The zero-order chi connectivity index (χ0) is 18.5. The van der Waals surface area contributed by atoms with Crippen LogP contribution in [0.25, 0.3) is 11.4 Å². The summed E-state index contributed by atoms with van der Waals surface area (Å²) in [6.45, 7) is 2.52. The van der Waals surface area contributed by atoms with Gasteiger partial charge >= 0.3 is 0 Å². The highest BCUT2D eigenvalue weighted by molar-refractivity contribution is 5.93. The van der Waals surface area contributed by atoms with Gasteiger partial charge in [0.25, 0.3) is 5.91 Å². The summed E-state index contributed by atoms with van der Waals surface area (Å²) in [5.74, 6) is 1.26. The van der Waals surface area contributed by atoms with Crippen molar-refractivity contribution in [2.24, 2.45) is 0 Å². The maximum atomic E-state index is 12.5. The van der Waals surface area contributed by atoms with E-state index in [1.165, 1.54) is 12.8 Å². The summed E-state index contributed by atoms with van der Waals surface area (Å²) >= 11 is 0. The van der Waals surface area contributed by atoms with E-state index in [-0.39, 0.29) is 11.9 Å². The minimum absolute atomic E-state index is 0.0449. The molecule has 0 aromatic carbocycles. The highest BCUT2D eigenvalue weighted by Crippen LogP contribution is 2.25. The summed E-state index contributed by atoms with van der Waals surface area (Å²) < 4.78 is 5.59. The zero-order valence-electron chi connectivity index (χ0n) is 14.9. The summed E-state index contributed by atoms with van der Waals surface area (Å²) in [7, 11) is 0. The highest BCUT2D eigenvalue weighted by Gasteiger charge is 2.26. The van der Waals surface area contributed by atoms with Crippen LogP contribution in [0.2, 0.25) is 0 Å². The fourth-order valence-electron chi connectivity index (χ4n) is 3.33. The molecule has 1 saturated heterocycles. The Labute approximate surface area is 157 Å². The second kappa shape index (κ2) is 8.09. The van der Waals surface area contributed by atoms with E-state index in [2.05, 4.69) is 25.2 Å². The standard InChI is InChI=1S/C20H21N5O2/c26-20(16-12-22-19(23-13-16)15-5-7-21-8-6-15)24-14-17(18-4-3-11-27-18)25-9-1-2-10-25/h3-8,11-13,17H,1-2,9-10,14H2,(H,24,26)/t17-/m1/s1. The van der Waals surface area contributed by atoms with E-state index in [1.807, 2.05) is 24.3 Å². The van der Waals surface area contributed by atoms with Gasteiger partial charge in [0.05, 0.1) is 17.9 Å². The van der Waals surface area contributed by atoms with Crippen LogP contribution in [-0.2, 0) is 0 Å². The number of rotatable bonds is 6. The first kappa shape index (κ1) is 17.4. The van der Waals surface area contributed by atoms with E-state index in [1.54, 1.807) is 31.1 Å². The van der Waals surface area contributed by atoms with Gasteiger partial charge in [-0.25, -0.2) is 9.97 Å². The largest absolute Gasteiger partial charge is 0.468 e. The average Bonchev–Trinajstić information content (AvgIpc) is 3.44. The Morgan fingerprint density at radius 2 is 1.89 bits per heavy atom. The van der Waals surface area contributed by atoms with Gasteiger partial charge in [-0.3, -0.25) is 14.7 Å². The third kappa shape index (κ3) is 4.03. The highest BCUT2D eigenvalue weighted by atomic mass is 16.3. The van der Waals surface area contributed by atoms with E-state index in [9.17, 15) is 4.79 Å². The Balaban J connectivity index is 1.42. The molecule has 0 aliphatic carbocycles. The molecule has 4 heterocycles. The van der Waals surface area contributed by atoms with Crippen molar-refractivity contribution in [3.63, 3.8) is 0 Å². The molecule has 0 unspecified atom stereocenters. The van der Waals surface area contributed by atoms with Crippen LogP contribution in [0.5, 0.6) is 0 Å². The summed E-state index contributed by atoms with van der Waals surface area (Å²) in [4.78, 5) is 27.5. The quantitative estimate of drug-likeness (QED) is 0.725.